The average molecular weight is 409 g/mol. The number of fused-ring (bicyclic) bond motifs is 1. The number of benzene rings is 1. The number of rotatable bonds is 4. The first-order valence-electron chi connectivity index (χ1n) is 11.1. The third kappa shape index (κ3) is 4.96. The van der Waals surface area contributed by atoms with Crippen LogP contribution in [-0.2, 0) is 17.5 Å². The van der Waals surface area contributed by atoms with E-state index in [-0.39, 0.29) is 17.9 Å². The Labute approximate surface area is 171 Å². The molecule has 29 heavy (non-hydrogen) atoms. The second-order valence-corrected chi connectivity index (χ2v) is 9.20. The molecule has 1 aromatic rings. The first-order valence-corrected chi connectivity index (χ1v) is 11.1. The lowest BCUT2D eigenvalue weighted by atomic mass is 9.95. The molecule has 1 N–H and O–H groups in total. The summed E-state index contributed by atoms with van der Waals surface area (Å²) in [6, 6.07) is 5.88. The molecule has 0 unspecified atom stereocenters. The Morgan fingerprint density at radius 2 is 1.79 bits per heavy atom. The van der Waals surface area contributed by atoms with Crippen LogP contribution in [0.1, 0.15) is 62.5 Å². The van der Waals surface area contributed by atoms with E-state index in [0.29, 0.717) is 23.9 Å². The standard InChI is InChI=1S/C23H31F3N2O/c24-23(25,26)19-9-5-6-16(12-19)13-28-14-18-10-11-21(20(18)15-28)27-22(29)17-7-3-1-2-4-8-17/h5-6,9,12,17-18,20-21H,1-4,7-8,10-11,13-15H2,(H,27,29)/t18-,20+,21-/m0/s1. The largest absolute Gasteiger partial charge is 0.416 e. The maximum Gasteiger partial charge on any atom is 0.416 e. The highest BCUT2D eigenvalue weighted by Gasteiger charge is 2.43. The van der Waals surface area contributed by atoms with Gasteiger partial charge in [0.15, 0.2) is 0 Å². The van der Waals surface area contributed by atoms with Gasteiger partial charge in [0.1, 0.15) is 0 Å². The zero-order chi connectivity index (χ0) is 20.4. The summed E-state index contributed by atoms with van der Waals surface area (Å²) in [5.74, 6) is 1.36. The smallest absolute Gasteiger partial charge is 0.353 e. The average Bonchev–Trinajstić information content (AvgIpc) is 3.10. The van der Waals surface area contributed by atoms with Crippen LogP contribution in [0.2, 0.25) is 0 Å². The van der Waals surface area contributed by atoms with Crippen molar-refractivity contribution < 1.29 is 18.0 Å². The number of amides is 1. The molecular formula is C23H31F3N2O. The van der Waals surface area contributed by atoms with Crippen LogP contribution in [0.25, 0.3) is 0 Å². The molecule has 2 aliphatic carbocycles. The molecule has 0 aromatic heterocycles. The highest BCUT2D eigenvalue weighted by Crippen LogP contribution is 2.39. The van der Waals surface area contributed by atoms with Gasteiger partial charge in [0.05, 0.1) is 5.56 Å². The molecule has 160 valence electrons. The van der Waals surface area contributed by atoms with Crippen LogP contribution < -0.4 is 5.32 Å². The van der Waals surface area contributed by atoms with Crippen molar-refractivity contribution in [2.24, 2.45) is 17.8 Å². The zero-order valence-corrected chi connectivity index (χ0v) is 16.9. The summed E-state index contributed by atoms with van der Waals surface area (Å²) in [6.45, 7) is 2.31. The molecule has 6 heteroatoms. The fraction of sp³-hybridized carbons (Fsp3) is 0.696. The molecule has 0 spiro atoms. The molecule has 1 aliphatic heterocycles. The van der Waals surface area contributed by atoms with E-state index in [0.717, 1.165) is 57.7 Å². The van der Waals surface area contributed by atoms with Gasteiger partial charge in [-0.25, -0.2) is 0 Å². The van der Waals surface area contributed by atoms with Crippen LogP contribution in [0.3, 0.4) is 0 Å². The molecule has 2 saturated carbocycles. The van der Waals surface area contributed by atoms with E-state index in [9.17, 15) is 18.0 Å². The molecule has 0 radical (unpaired) electrons. The molecule has 1 amide bonds. The third-order valence-corrected chi connectivity index (χ3v) is 7.15. The van der Waals surface area contributed by atoms with E-state index in [2.05, 4.69) is 10.2 Å². The highest BCUT2D eigenvalue weighted by molar-refractivity contribution is 5.79. The van der Waals surface area contributed by atoms with Gasteiger partial charge in [-0.1, -0.05) is 43.9 Å². The Kier molecular flexibility index (Phi) is 6.19. The number of likely N-dealkylation sites (tertiary alicyclic amines) is 1. The highest BCUT2D eigenvalue weighted by atomic mass is 19.4. The van der Waals surface area contributed by atoms with E-state index in [1.165, 1.54) is 25.0 Å². The summed E-state index contributed by atoms with van der Waals surface area (Å²) in [5.41, 5.74) is 0.127. The van der Waals surface area contributed by atoms with Crippen molar-refractivity contribution in [1.29, 1.82) is 0 Å². The number of alkyl halides is 3. The van der Waals surface area contributed by atoms with E-state index in [1.807, 2.05) is 0 Å². The fourth-order valence-corrected chi connectivity index (χ4v) is 5.61. The Morgan fingerprint density at radius 1 is 1.03 bits per heavy atom. The Morgan fingerprint density at radius 3 is 2.52 bits per heavy atom. The van der Waals surface area contributed by atoms with Gasteiger partial charge in [-0.05, 0) is 49.1 Å². The van der Waals surface area contributed by atoms with Crippen LogP contribution in [0.5, 0.6) is 0 Å². The Bertz CT molecular complexity index is 712. The van der Waals surface area contributed by atoms with Crippen LogP contribution in [0.4, 0.5) is 13.2 Å². The zero-order valence-electron chi connectivity index (χ0n) is 16.9. The molecule has 1 aromatic carbocycles. The Hall–Kier alpha value is -1.56. The molecule has 3 aliphatic rings. The van der Waals surface area contributed by atoms with Crippen molar-refractivity contribution >= 4 is 5.91 Å². The molecule has 3 atom stereocenters. The van der Waals surface area contributed by atoms with Crippen LogP contribution in [-0.4, -0.2) is 29.9 Å². The summed E-state index contributed by atoms with van der Waals surface area (Å²) in [4.78, 5) is 15.0. The summed E-state index contributed by atoms with van der Waals surface area (Å²) >= 11 is 0. The number of nitrogens with zero attached hydrogens (tertiary/aromatic N) is 1. The van der Waals surface area contributed by atoms with Crippen molar-refractivity contribution in [2.45, 2.75) is 70.1 Å². The maximum absolute atomic E-state index is 13.0. The number of hydrogen-bond acceptors (Lipinski definition) is 2. The molecule has 3 nitrogen and oxygen atoms in total. The van der Waals surface area contributed by atoms with Crippen molar-refractivity contribution in [3.05, 3.63) is 35.4 Å². The van der Waals surface area contributed by atoms with E-state index in [4.69, 9.17) is 0 Å². The molecule has 3 fully saturated rings. The lowest BCUT2D eigenvalue weighted by Crippen LogP contribution is -2.42. The Balaban J connectivity index is 1.33. The SMILES string of the molecule is O=C(N[C@H]1CC[C@H]2CN(Cc3cccc(C(F)(F)F)c3)C[C@H]21)C1CCCCCC1. The predicted molar refractivity (Wildman–Crippen MR) is 106 cm³/mol. The quantitative estimate of drug-likeness (QED) is 0.711. The van der Waals surface area contributed by atoms with Gasteiger partial charge in [-0.15, -0.1) is 0 Å². The minimum Gasteiger partial charge on any atom is -0.353 e. The number of nitrogens with one attached hydrogen (secondary N) is 1. The molecular weight excluding hydrogens is 377 g/mol. The normalized spacial score (nSPS) is 28.9. The van der Waals surface area contributed by atoms with Gasteiger partial charge in [-0.2, -0.15) is 13.2 Å². The van der Waals surface area contributed by atoms with Gasteiger partial charge in [0.2, 0.25) is 5.91 Å². The van der Waals surface area contributed by atoms with Crippen molar-refractivity contribution in [3.8, 4) is 0 Å². The predicted octanol–water partition coefficient (Wildman–Crippen LogP) is 5.00. The molecule has 0 bridgehead atoms. The van der Waals surface area contributed by atoms with Gasteiger partial charge in [0, 0.05) is 31.6 Å². The number of halogens is 3. The van der Waals surface area contributed by atoms with Crippen molar-refractivity contribution in [1.82, 2.24) is 10.2 Å². The second kappa shape index (κ2) is 8.66. The molecule has 4 rings (SSSR count). The topological polar surface area (TPSA) is 32.3 Å². The van der Waals surface area contributed by atoms with Crippen molar-refractivity contribution in [2.75, 3.05) is 13.1 Å². The van der Waals surface area contributed by atoms with Crippen molar-refractivity contribution in [3.63, 3.8) is 0 Å². The first-order chi connectivity index (χ1) is 13.9. The number of hydrogen-bond donors (Lipinski definition) is 1. The van der Waals surface area contributed by atoms with E-state index < -0.39 is 11.7 Å². The van der Waals surface area contributed by atoms with E-state index in [1.54, 1.807) is 6.07 Å². The molecule has 1 heterocycles. The summed E-state index contributed by atoms with van der Waals surface area (Å²) < 4.78 is 38.9. The van der Waals surface area contributed by atoms with Crippen LogP contribution in [0, 0.1) is 17.8 Å². The minimum absolute atomic E-state index is 0.166. The first kappa shape index (κ1) is 20.7. The summed E-state index contributed by atoms with van der Waals surface area (Å²) in [5, 5.41) is 3.35. The lowest BCUT2D eigenvalue weighted by Gasteiger charge is -2.24. The monoisotopic (exact) mass is 408 g/mol. The van der Waals surface area contributed by atoms with Crippen LogP contribution >= 0.6 is 0 Å². The second-order valence-electron chi connectivity index (χ2n) is 9.20. The lowest BCUT2D eigenvalue weighted by molar-refractivity contribution is -0.137. The summed E-state index contributed by atoms with van der Waals surface area (Å²) in [7, 11) is 0. The van der Waals surface area contributed by atoms with E-state index >= 15 is 0 Å². The van der Waals surface area contributed by atoms with Gasteiger partial charge < -0.3 is 5.32 Å². The van der Waals surface area contributed by atoms with Crippen LogP contribution in [0.15, 0.2) is 24.3 Å². The summed E-state index contributed by atoms with van der Waals surface area (Å²) in [6.07, 6.45) is 4.63. The van der Waals surface area contributed by atoms with Gasteiger partial charge in [-0.3, -0.25) is 9.69 Å². The van der Waals surface area contributed by atoms with Gasteiger partial charge >= 0.3 is 6.18 Å². The minimum atomic E-state index is -4.30. The fourth-order valence-electron chi connectivity index (χ4n) is 5.61. The molecule has 1 saturated heterocycles. The maximum atomic E-state index is 13.0. The third-order valence-electron chi connectivity index (χ3n) is 7.15. The number of carbonyl (C=O) groups excluding carboxylic acids is 1. The number of carbonyl (C=O) groups is 1. The van der Waals surface area contributed by atoms with Gasteiger partial charge in [0.25, 0.3) is 0 Å².